The minimum atomic E-state index is -4.51. The average Bonchev–Trinajstić information content (AvgIpc) is 2.80. The van der Waals surface area contributed by atoms with Crippen LogP contribution in [0.2, 0.25) is 0 Å². The lowest BCUT2D eigenvalue weighted by Gasteiger charge is -2.12. The Balaban J connectivity index is 2.46. The summed E-state index contributed by atoms with van der Waals surface area (Å²) in [4.78, 5) is 14.8. The van der Waals surface area contributed by atoms with E-state index in [2.05, 4.69) is 4.98 Å². The van der Waals surface area contributed by atoms with Crippen molar-refractivity contribution in [2.45, 2.75) is 25.9 Å². The van der Waals surface area contributed by atoms with Crippen LogP contribution >= 0.6 is 0 Å². The number of pyridine rings is 1. The van der Waals surface area contributed by atoms with E-state index in [0.717, 1.165) is 6.07 Å². The molecule has 98 valence electrons. The quantitative estimate of drug-likeness (QED) is 0.888. The smallest absolute Gasteiger partial charge is 0.418 e. The molecule has 0 bridgehead atoms. The Morgan fingerprint density at radius 3 is 2.50 bits per heavy atom. The lowest BCUT2D eigenvalue weighted by molar-refractivity contribution is -0.141. The van der Waals surface area contributed by atoms with Crippen molar-refractivity contribution >= 4 is 5.97 Å². The predicted molar refractivity (Wildman–Crippen MR) is 56.9 cm³/mol. The highest BCUT2D eigenvalue weighted by Crippen LogP contribution is 2.65. The van der Waals surface area contributed by atoms with E-state index in [1.165, 1.54) is 12.3 Å². The van der Waals surface area contributed by atoms with Crippen molar-refractivity contribution in [3.8, 4) is 0 Å². The Bertz CT molecular complexity index is 496. The van der Waals surface area contributed by atoms with Gasteiger partial charge in [0.05, 0.1) is 17.2 Å². The average molecular weight is 259 g/mol. The van der Waals surface area contributed by atoms with Gasteiger partial charge in [0.1, 0.15) is 0 Å². The summed E-state index contributed by atoms with van der Waals surface area (Å²) < 4.78 is 38.5. The fraction of sp³-hybridized carbons (Fsp3) is 0.500. The summed E-state index contributed by atoms with van der Waals surface area (Å²) in [6.45, 7) is 3.29. The van der Waals surface area contributed by atoms with Crippen LogP contribution in [0.5, 0.6) is 0 Å². The van der Waals surface area contributed by atoms with Crippen LogP contribution in [0.4, 0.5) is 13.2 Å². The van der Waals surface area contributed by atoms with E-state index in [4.69, 9.17) is 5.11 Å². The zero-order valence-electron chi connectivity index (χ0n) is 9.82. The maximum Gasteiger partial charge on any atom is 0.418 e. The zero-order chi connectivity index (χ0) is 13.7. The van der Waals surface area contributed by atoms with E-state index in [1.807, 2.05) is 0 Å². The first-order chi connectivity index (χ1) is 8.17. The van der Waals surface area contributed by atoms with Gasteiger partial charge in [0.15, 0.2) is 0 Å². The normalized spacial score (nSPS) is 25.8. The Labute approximate surface area is 102 Å². The largest absolute Gasteiger partial charge is 0.481 e. The number of alkyl halides is 3. The molecule has 1 aliphatic rings. The van der Waals surface area contributed by atoms with Gasteiger partial charge in [-0.05, 0) is 17.5 Å². The molecule has 1 aromatic heterocycles. The number of nitrogens with zero attached hydrogens (tertiary/aromatic N) is 1. The molecule has 3 nitrogen and oxygen atoms in total. The monoisotopic (exact) mass is 259 g/mol. The van der Waals surface area contributed by atoms with Gasteiger partial charge in [-0.25, -0.2) is 0 Å². The molecule has 0 radical (unpaired) electrons. The summed E-state index contributed by atoms with van der Waals surface area (Å²) in [5.74, 6) is -2.58. The molecule has 1 aromatic rings. The molecule has 1 N–H and O–H groups in total. The van der Waals surface area contributed by atoms with Crippen molar-refractivity contribution in [3.63, 3.8) is 0 Å². The molecule has 1 fully saturated rings. The minimum Gasteiger partial charge on any atom is -0.481 e. The molecule has 18 heavy (non-hydrogen) atoms. The number of aliphatic carboxylic acids is 1. The standard InChI is InChI=1S/C12H12F3NO2/c1-11(2)7(8(11)10(17)18)9-6(12(13,14)15)4-3-5-16-9/h3-5,7-8H,1-2H3,(H,17,18)/t7-,8-/m0/s1. The molecule has 0 saturated heterocycles. The predicted octanol–water partition coefficient (Wildman–Crippen LogP) is 2.92. The topological polar surface area (TPSA) is 50.2 Å². The molecule has 0 amide bonds. The summed E-state index contributed by atoms with van der Waals surface area (Å²) in [6, 6.07) is 2.15. The van der Waals surface area contributed by atoms with Crippen LogP contribution in [0.1, 0.15) is 31.0 Å². The van der Waals surface area contributed by atoms with Crippen molar-refractivity contribution in [2.24, 2.45) is 11.3 Å². The van der Waals surface area contributed by atoms with E-state index in [1.54, 1.807) is 13.8 Å². The molecule has 0 aliphatic heterocycles. The van der Waals surface area contributed by atoms with Gasteiger partial charge in [-0.15, -0.1) is 0 Å². The van der Waals surface area contributed by atoms with Crippen LogP contribution in [-0.4, -0.2) is 16.1 Å². The number of aromatic nitrogens is 1. The summed E-state index contributed by atoms with van der Waals surface area (Å²) in [7, 11) is 0. The molecule has 0 spiro atoms. The first-order valence-electron chi connectivity index (χ1n) is 5.42. The van der Waals surface area contributed by atoms with Gasteiger partial charge >= 0.3 is 12.1 Å². The third kappa shape index (κ3) is 1.85. The van der Waals surface area contributed by atoms with Crippen LogP contribution in [0, 0.1) is 11.3 Å². The summed E-state index contributed by atoms with van der Waals surface area (Å²) >= 11 is 0. The summed E-state index contributed by atoms with van der Waals surface area (Å²) in [6.07, 6.45) is -3.25. The molecule has 0 aromatic carbocycles. The highest BCUT2D eigenvalue weighted by atomic mass is 19.4. The summed E-state index contributed by atoms with van der Waals surface area (Å²) in [5, 5.41) is 9.01. The minimum absolute atomic E-state index is 0.164. The molecule has 1 saturated carbocycles. The zero-order valence-corrected chi connectivity index (χ0v) is 9.82. The molecule has 2 atom stereocenters. The van der Waals surface area contributed by atoms with Crippen LogP contribution in [0.15, 0.2) is 18.3 Å². The molecule has 1 aliphatic carbocycles. The van der Waals surface area contributed by atoms with Gasteiger partial charge < -0.3 is 5.11 Å². The fourth-order valence-electron chi connectivity index (χ4n) is 2.51. The Kier molecular flexibility index (Phi) is 2.64. The summed E-state index contributed by atoms with van der Waals surface area (Å²) in [5.41, 5.74) is -1.70. The third-order valence-corrected chi connectivity index (χ3v) is 3.53. The van der Waals surface area contributed by atoms with Gasteiger partial charge in [-0.3, -0.25) is 9.78 Å². The van der Waals surface area contributed by atoms with E-state index in [9.17, 15) is 18.0 Å². The van der Waals surface area contributed by atoms with Gasteiger partial charge in [0.2, 0.25) is 0 Å². The van der Waals surface area contributed by atoms with Crippen molar-refractivity contribution in [2.75, 3.05) is 0 Å². The molecule has 0 unspecified atom stereocenters. The van der Waals surface area contributed by atoms with Crippen molar-refractivity contribution in [3.05, 3.63) is 29.6 Å². The second-order valence-electron chi connectivity index (χ2n) is 5.05. The number of rotatable bonds is 2. The molecule has 2 rings (SSSR count). The van der Waals surface area contributed by atoms with Gasteiger partial charge in [-0.2, -0.15) is 13.2 Å². The fourth-order valence-corrected chi connectivity index (χ4v) is 2.51. The second kappa shape index (κ2) is 3.70. The molecule has 1 heterocycles. The van der Waals surface area contributed by atoms with E-state index < -0.39 is 35.0 Å². The van der Waals surface area contributed by atoms with Gasteiger partial charge in [0, 0.05) is 12.1 Å². The maximum atomic E-state index is 12.8. The van der Waals surface area contributed by atoms with Crippen LogP contribution in [0.25, 0.3) is 0 Å². The number of carbonyl (C=O) groups is 1. The highest BCUT2D eigenvalue weighted by molar-refractivity contribution is 5.77. The Morgan fingerprint density at radius 1 is 1.44 bits per heavy atom. The van der Waals surface area contributed by atoms with Crippen molar-refractivity contribution < 1.29 is 23.1 Å². The van der Waals surface area contributed by atoms with Crippen molar-refractivity contribution in [1.29, 1.82) is 0 Å². The second-order valence-corrected chi connectivity index (χ2v) is 5.05. The number of carboxylic acid groups (broad SMARTS) is 1. The van der Waals surface area contributed by atoms with Crippen LogP contribution in [0.3, 0.4) is 0 Å². The third-order valence-electron chi connectivity index (χ3n) is 3.53. The molecular weight excluding hydrogens is 247 g/mol. The molecular formula is C12H12F3NO2. The molecule has 6 heteroatoms. The lowest BCUT2D eigenvalue weighted by atomic mass is 10.0. The van der Waals surface area contributed by atoms with E-state index in [-0.39, 0.29) is 5.69 Å². The number of carboxylic acids is 1. The number of hydrogen-bond acceptors (Lipinski definition) is 2. The van der Waals surface area contributed by atoms with E-state index in [0.29, 0.717) is 0 Å². The van der Waals surface area contributed by atoms with Crippen LogP contribution < -0.4 is 0 Å². The lowest BCUT2D eigenvalue weighted by Crippen LogP contribution is -2.11. The Hall–Kier alpha value is -1.59. The van der Waals surface area contributed by atoms with Gasteiger partial charge in [0.25, 0.3) is 0 Å². The van der Waals surface area contributed by atoms with Crippen molar-refractivity contribution in [1.82, 2.24) is 4.98 Å². The Morgan fingerprint density at radius 2 is 2.06 bits per heavy atom. The maximum absolute atomic E-state index is 12.8. The van der Waals surface area contributed by atoms with E-state index >= 15 is 0 Å². The van der Waals surface area contributed by atoms with Gasteiger partial charge in [-0.1, -0.05) is 13.8 Å². The SMILES string of the molecule is CC1(C)[C@H](C(=O)O)[C@H]1c1ncccc1C(F)(F)F. The number of hydrogen-bond donors (Lipinski definition) is 1. The van der Waals surface area contributed by atoms with Crippen LogP contribution in [-0.2, 0) is 11.0 Å². The first kappa shape index (κ1) is 12.9. The highest BCUT2D eigenvalue weighted by Gasteiger charge is 2.64. The number of halogens is 3. The first-order valence-corrected chi connectivity index (χ1v) is 5.42.